The highest BCUT2D eigenvalue weighted by Gasteiger charge is 2.20. The first-order chi connectivity index (χ1) is 17.0. The van der Waals surface area contributed by atoms with Crippen molar-refractivity contribution in [2.45, 2.75) is 13.3 Å². The number of hydrogen-bond donors (Lipinski definition) is 2. The van der Waals surface area contributed by atoms with Gasteiger partial charge in [-0.25, -0.2) is 14.5 Å². The summed E-state index contributed by atoms with van der Waals surface area (Å²) in [7, 11) is 1.28. The minimum Gasteiger partial charge on any atom is -0.488 e. The predicted molar refractivity (Wildman–Crippen MR) is 122 cm³/mol. The Morgan fingerprint density at radius 1 is 1.31 bits per heavy atom. The maximum atomic E-state index is 12.8. The molecule has 4 heterocycles. The van der Waals surface area contributed by atoms with Gasteiger partial charge in [-0.2, -0.15) is 15.3 Å². The number of carbonyl (C=O) groups is 1. The van der Waals surface area contributed by atoms with Crippen LogP contribution < -0.4 is 25.7 Å². The molecule has 0 aliphatic carbocycles. The number of aromatic nitrogens is 6. The fraction of sp³-hybridized carbons (Fsp3) is 0.200. The number of carbonyl (C=O) groups excluding carboxylic acids is 1. The van der Waals surface area contributed by atoms with Crippen LogP contribution in [0.5, 0.6) is 11.6 Å². The molecule has 0 saturated heterocycles. The zero-order chi connectivity index (χ0) is 24.8. The van der Waals surface area contributed by atoms with Crippen molar-refractivity contribution in [3.05, 3.63) is 52.5 Å². The van der Waals surface area contributed by atoms with Crippen LogP contribution in [0.1, 0.15) is 22.7 Å². The minimum atomic E-state index is -0.894. The Labute approximate surface area is 201 Å². The first-order valence-corrected chi connectivity index (χ1v) is 10.8. The summed E-state index contributed by atoms with van der Waals surface area (Å²) in [5.74, 6) is -0.947. The second-order valence-corrected chi connectivity index (χ2v) is 7.63. The first-order valence-electron chi connectivity index (χ1n) is 9.96. The summed E-state index contributed by atoms with van der Waals surface area (Å²) in [5, 5.41) is 26.7. The molecule has 0 saturated carbocycles. The van der Waals surface area contributed by atoms with Crippen molar-refractivity contribution in [1.29, 1.82) is 5.26 Å². The van der Waals surface area contributed by atoms with E-state index in [0.717, 1.165) is 17.0 Å². The van der Waals surface area contributed by atoms with E-state index < -0.39 is 11.5 Å². The number of aryl methyl sites for hydroxylation is 1. The van der Waals surface area contributed by atoms with E-state index in [1.54, 1.807) is 16.9 Å². The number of nitrogens with zero attached hydrogens (tertiary/aromatic N) is 7. The van der Waals surface area contributed by atoms with Gasteiger partial charge in [0.2, 0.25) is 27.8 Å². The highest BCUT2D eigenvalue weighted by Crippen LogP contribution is 2.26. The number of nitriles is 1. The lowest BCUT2D eigenvalue weighted by Gasteiger charge is -2.11. The lowest BCUT2D eigenvalue weighted by molar-refractivity contribution is 0.0991. The van der Waals surface area contributed by atoms with Crippen LogP contribution in [0.15, 0.2) is 39.8 Å². The van der Waals surface area contributed by atoms with Crippen LogP contribution in [0.2, 0.25) is 0 Å². The molecule has 4 rings (SSSR count). The van der Waals surface area contributed by atoms with E-state index >= 15 is 0 Å². The van der Waals surface area contributed by atoms with Gasteiger partial charge < -0.3 is 19.2 Å². The number of hydrogen-bond acceptors (Lipinski definition) is 13. The topological polar surface area (TPSA) is 183 Å². The van der Waals surface area contributed by atoms with Crippen molar-refractivity contribution in [1.82, 2.24) is 29.9 Å². The summed E-state index contributed by atoms with van der Waals surface area (Å²) in [6.45, 7) is 2.01. The van der Waals surface area contributed by atoms with E-state index in [-0.39, 0.29) is 47.2 Å². The molecule has 0 aliphatic rings. The van der Waals surface area contributed by atoms with Gasteiger partial charge >= 0.3 is 5.63 Å². The third-order valence-corrected chi connectivity index (χ3v) is 5.14. The molecule has 0 spiro atoms. The fourth-order valence-corrected chi connectivity index (χ4v) is 3.52. The normalized spacial score (nSPS) is 10.4. The Kier molecular flexibility index (Phi) is 6.93. The molecule has 178 valence electrons. The zero-order valence-electron chi connectivity index (χ0n) is 18.4. The smallest absolute Gasteiger partial charge is 0.381 e. The molecule has 0 bridgehead atoms. The monoisotopic (exact) mass is 495 g/mol. The van der Waals surface area contributed by atoms with Crippen LogP contribution in [-0.4, -0.2) is 49.6 Å². The summed E-state index contributed by atoms with van der Waals surface area (Å²) >= 11 is 1.09. The highest BCUT2D eigenvalue weighted by molar-refractivity contribution is 7.17. The quantitative estimate of drug-likeness (QED) is 0.323. The number of ether oxygens (including phenoxy) is 2. The van der Waals surface area contributed by atoms with E-state index in [1.165, 1.54) is 25.4 Å². The molecular formula is C20H17N9O5S. The largest absolute Gasteiger partial charge is 0.488 e. The van der Waals surface area contributed by atoms with Crippen LogP contribution in [0.4, 0.5) is 16.8 Å². The molecule has 0 aromatic carbocycles. The molecule has 0 aliphatic heterocycles. The third kappa shape index (κ3) is 5.39. The number of methoxy groups -OCH3 is 1. The van der Waals surface area contributed by atoms with Gasteiger partial charge in [-0.15, -0.1) is 10.2 Å². The van der Waals surface area contributed by atoms with Gasteiger partial charge in [0.1, 0.15) is 6.61 Å². The predicted octanol–water partition coefficient (Wildman–Crippen LogP) is 2.07. The van der Waals surface area contributed by atoms with E-state index in [0.29, 0.717) is 5.13 Å². The van der Waals surface area contributed by atoms with Gasteiger partial charge in [-0.3, -0.25) is 10.1 Å². The van der Waals surface area contributed by atoms with Crippen LogP contribution in [0.25, 0.3) is 5.13 Å². The number of amides is 1. The van der Waals surface area contributed by atoms with Crippen molar-refractivity contribution >= 4 is 34.0 Å². The van der Waals surface area contributed by atoms with E-state index in [2.05, 4.69) is 35.9 Å². The Morgan fingerprint density at radius 3 is 2.91 bits per heavy atom. The van der Waals surface area contributed by atoms with Gasteiger partial charge in [0.15, 0.2) is 5.76 Å². The molecule has 4 aromatic rings. The Morgan fingerprint density at radius 2 is 2.17 bits per heavy atom. The maximum Gasteiger partial charge on any atom is 0.381 e. The molecule has 2 N–H and O–H groups in total. The molecule has 0 fully saturated rings. The van der Waals surface area contributed by atoms with Crippen molar-refractivity contribution in [2.24, 2.45) is 0 Å². The van der Waals surface area contributed by atoms with Gasteiger partial charge in [0, 0.05) is 30.2 Å². The van der Waals surface area contributed by atoms with Crippen molar-refractivity contribution in [3.63, 3.8) is 0 Å². The average Bonchev–Trinajstić information content (AvgIpc) is 3.48. The van der Waals surface area contributed by atoms with Crippen LogP contribution >= 0.6 is 11.3 Å². The van der Waals surface area contributed by atoms with Gasteiger partial charge in [-0.1, -0.05) is 11.3 Å². The number of anilines is 3. The van der Waals surface area contributed by atoms with Crippen LogP contribution in [0, 0.1) is 18.3 Å². The van der Waals surface area contributed by atoms with E-state index in [1.807, 2.05) is 13.0 Å². The molecule has 0 unspecified atom stereocenters. The third-order valence-electron chi connectivity index (χ3n) is 4.32. The summed E-state index contributed by atoms with van der Waals surface area (Å²) < 4.78 is 17.2. The lowest BCUT2D eigenvalue weighted by atomic mass is 10.3. The van der Waals surface area contributed by atoms with Gasteiger partial charge in [0.25, 0.3) is 5.91 Å². The van der Waals surface area contributed by atoms with Gasteiger partial charge in [0.05, 0.1) is 25.3 Å². The maximum absolute atomic E-state index is 12.8. The molecule has 35 heavy (non-hydrogen) atoms. The number of rotatable bonds is 9. The Bertz CT molecular complexity index is 1460. The molecule has 15 heteroatoms. The molecule has 0 radical (unpaired) electrons. The molecule has 4 aromatic heterocycles. The van der Waals surface area contributed by atoms with Crippen molar-refractivity contribution in [2.75, 3.05) is 24.4 Å². The summed E-state index contributed by atoms with van der Waals surface area (Å²) in [5.41, 5.74) is 0.0417. The summed E-state index contributed by atoms with van der Waals surface area (Å²) in [6, 6.07) is 6.55. The molecule has 1 amide bonds. The zero-order valence-corrected chi connectivity index (χ0v) is 19.2. The Hall–Kier alpha value is -4.84. The van der Waals surface area contributed by atoms with E-state index in [9.17, 15) is 9.59 Å². The van der Waals surface area contributed by atoms with Gasteiger partial charge in [-0.05, 0) is 13.0 Å². The van der Waals surface area contributed by atoms with Crippen molar-refractivity contribution < 1.29 is 18.7 Å². The van der Waals surface area contributed by atoms with E-state index in [4.69, 9.17) is 19.2 Å². The number of nitrogens with one attached hydrogen (secondary N) is 2. The second kappa shape index (κ2) is 10.4. The SMILES string of the molecule is COc1c(Nc2nccc(OCCC#N)n2)cc(C(=O)Nc2nnc(-n3nccc3C)s2)oc1=O. The lowest BCUT2D eigenvalue weighted by Crippen LogP contribution is -2.17. The highest BCUT2D eigenvalue weighted by atomic mass is 32.1. The molecule has 14 nitrogen and oxygen atoms in total. The summed E-state index contributed by atoms with van der Waals surface area (Å²) in [4.78, 5) is 33.4. The molecular weight excluding hydrogens is 478 g/mol. The minimum absolute atomic E-state index is 0.0677. The first kappa shape index (κ1) is 23.3. The second-order valence-electron chi connectivity index (χ2n) is 6.67. The van der Waals surface area contributed by atoms with Crippen LogP contribution in [-0.2, 0) is 0 Å². The summed E-state index contributed by atoms with van der Waals surface area (Å²) in [6.07, 6.45) is 3.24. The molecule has 0 atom stereocenters. The standard InChI is InChI=1S/C20H17N9O5S/c1-11-4-8-23-29(11)20-28-27-19(35-20)26-16(30)13-10-12(15(32-2)17(31)34-13)24-18-22-7-5-14(25-18)33-9-3-6-21/h4-5,7-8,10H,3,9H2,1-2H3,(H,22,24,25)(H,26,27,30). The van der Waals surface area contributed by atoms with Crippen molar-refractivity contribution in [3.8, 4) is 22.8 Å². The fourth-order valence-electron chi connectivity index (χ4n) is 2.76. The Balaban J connectivity index is 1.55. The van der Waals surface area contributed by atoms with Crippen LogP contribution in [0.3, 0.4) is 0 Å². The average molecular weight is 495 g/mol.